The molecule has 0 aliphatic rings. The molecule has 0 bridgehead atoms. The minimum absolute atomic E-state index is 0.530. The fourth-order valence-electron chi connectivity index (χ4n) is 1.22. The Morgan fingerprint density at radius 3 is 2.33 bits per heavy atom. The van der Waals surface area contributed by atoms with Crippen LogP contribution in [0.1, 0.15) is 25.0 Å². The molecule has 0 radical (unpaired) electrons. The van der Waals surface area contributed by atoms with Crippen LogP contribution < -0.4 is 5.73 Å². The van der Waals surface area contributed by atoms with Gasteiger partial charge in [-0.25, -0.2) is 4.39 Å². The summed E-state index contributed by atoms with van der Waals surface area (Å²) in [6, 6.07) is 5.40. The molecule has 0 aliphatic carbocycles. The molecular weight excluding hydrogens is 153 g/mol. The third-order valence-corrected chi connectivity index (χ3v) is 1.85. The third-order valence-electron chi connectivity index (χ3n) is 1.85. The number of alkyl halides is 1. The van der Waals surface area contributed by atoms with Crippen LogP contribution in [0.2, 0.25) is 0 Å². The molecule has 2 N–H and O–H groups in total. The summed E-state index contributed by atoms with van der Waals surface area (Å²) in [4.78, 5) is 0. The van der Waals surface area contributed by atoms with Gasteiger partial charge >= 0.3 is 0 Å². The first kappa shape index (κ1) is 9.04. The molecule has 1 aromatic rings. The van der Waals surface area contributed by atoms with Crippen LogP contribution in [0.25, 0.3) is 0 Å². The van der Waals surface area contributed by atoms with Gasteiger partial charge in [-0.1, -0.05) is 12.1 Å². The van der Waals surface area contributed by atoms with E-state index in [4.69, 9.17) is 5.73 Å². The van der Waals surface area contributed by atoms with Gasteiger partial charge < -0.3 is 5.73 Å². The van der Waals surface area contributed by atoms with Crippen molar-refractivity contribution in [2.75, 3.05) is 5.73 Å². The average molecular weight is 167 g/mol. The molecule has 66 valence electrons. The van der Waals surface area contributed by atoms with Crippen LogP contribution >= 0.6 is 0 Å². The van der Waals surface area contributed by atoms with Crippen molar-refractivity contribution >= 4 is 5.69 Å². The van der Waals surface area contributed by atoms with E-state index in [2.05, 4.69) is 0 Å². The van der Waals surface area contributed by atoms with Crippen LogP contribution in [-0.2, 0) is 5.67 Å². The van der Waals surface area contributed by atoms with E-state index in [9.17, 15) is 4.39 Å². The SMILES string of the molecule is Cc1ccc(C(C)(C)F)c(N)c1. The molecule has 1 nitrogen and oxygen atoms in total. The maximum atomic E-state index is 13.4. The number of hydrogen-bond acceptors (Lipinski definition) is 1. The molecule has 0 heterocycles. The molecule has 2 heteroatoms. The van der Waals surface area contributed by atoms with Crippen molar-refractivity contribution in [2.45, 2.75) is 26.4 Å². The maximum absolute atomic E-state index is 13.4. The molecule has 0 aliphatic heterocycles. The van der Waals surface area contributed by atoms with E-state index in [1.165, 1.54) is 13.8 Å². The van der Waals surface area contributed by atoms with Crippen molar-refractivity contribution in [1.82, 2.24) is 0 Å². The number of rotatable bonds is 1. The zero-order valence-electron chi connectivity index (χ0n) is 7.69. The molecule has 0 spiro atoms. The van der Waals surface area contributed by atoms with Gasteiger partial charge in [0.05, 0.1) is 0 Å². The van der Waals surface area contributed by atoms with Crippen molar-refractivity contribution in [1.29, 1.82) is 0 Å². The summed E-state index contributed by atoms with van der Waals surface area (Å²) in [7, 11) is 0. The normalized spacial score (nSPS) is 11.7. The second-order valence-corrected chi connectivity index (χ2v) is 3.56. The first-order valence-electron chi connectivity index (χ1n) is 3.97. The molecule has 0 fully saturated rings. The van der Waals surface area contributed by atoms with Gasteiger partial charge in [0.2, 0.25) is 0 Å². The van der Waals surface area contributed by atoms with Gasteiger partial charge in [-0.2, -0.15) is 0 Å². The number of aryl methyl sites for hydroxylation is 1. The zero-order chi connectivity index (χ0) is 9.35. The van der Waals surface area contributed by atoms with Crippen molar-refractivity contribution in [3.05, 3.63) is 29.3 Å². The van der Waals surface area contributed by atoms with Gasteiger partial charge in [0, 0.05) is 11.3 Å². The highest BCUT2D eigenvalue weighted by atomic mass is 19.1. The largest absolute Gasteiger partial charge is 0.398 e. The number of benzene rings is 1. The molecule has 0 saturated heterocycles. The molecular formula is C10H14FN. The summed E-state index contributed by atoms with van der Waals surface area (Å²) in [5, 5.41) is 0. The van der Waals surface area contributed by atoms with Crippen LogP contribution in [-0.4, -0.2) is 0 Å². The van der Waals surface area contributed by atoms with E-state index >= 15 is 0 Å². The van der Waals surface area contributed by atoms with E-state index in [1.54, 1.807) is 12.1 Å². The zero-order valence-corrected chi connectivity index (χ0v) is 7.69. The minimum atomic E-state index is -1.35. The Labute approximate surface area is 72.4 Å². The summed E-state index contributed by atoms with van der Waals surface area (Å²) in [5.41, 5.74) is 6.47. The van der Waals surface area contributed by atoms with Crippen molar-refractivity contribution in [3.8, 4) is 0 Å². The number of hydrogen-bond donors (Lipinski definition) is 1. The summed E-state index contributed by atoms with van der Waals surface area (Å²) in [5.74, 6) is 0. The van der Waals surface area contributed by atoms with Crippen molar-refractivity contribution in [3.63, 3.8) is 0 Å². The highest BCUT2D eigenvalue weighted by Crippen LogP contribution is 2.29. The molecule has 0 unspecified atom stereocenters. The lowest BCUT2D eigenvalue weighted by molar-refractivity contribution is 0.222. The van der Waals surface area contributed by atoms with Gasteiger partial charge in [0.15, 0.2) is 0 Å². The van der Waals surface area contributed by atoms with E-state index in [1.807, 2.05) is 13.0 Å². The van der Waals surface area contributed by atoms with Gasteiger partial charge in [0.25, 0.3) is 0 Å². The molecule has 0 amide bonds. The van der Waals surface area contributed by atoms with Crippen LogP contribution in [0, 0.1) is 6.92 Å². The van der Waals surface area contributed by atoms with E-state index in [0.29, 0.717) is 11.3 Å². The summed E-state index contributed by atoms with van der Waals surface area (Å²) < 4.78 is 13.4. The Morgan fingerprint density at radius 2 is 1.92 bits per heavy atom. The standard InChI is InChI=1S/C10H14FN/c1-7-4-5-8(9(12)6-7)10(2,3)11/h4-6H,12H2,1-3H3. The van der Waals surface area contributed by atoms with E-state index in [-0.39, 0.29) is 0 Å². The lowest BCUT2D eigenvalue weighted by Crippen LogP contribution is -2.11. The second kappa shape index (κ2) is 2.77. The molecule has 0 atom stereocenters. The van der Waals surface area contributed by atoms with Crippen LogP contribution in [0.3, 0.4) is 0 Å². The lowest BCUT2D eigenvalue weighted by Gasteiger charge is -2.17. The van der Waals surface area contributed by atoms with E-state index < -0.39 is 5.67 Å². The predicted molar refractivity (Wildman–Crippen MR) is 49.7 cm³/mol. The second-order valence-electron chi connectivity index (χ2n) is 3.56. The van der Waals surface area contributed by atoms with Gasteiger partial charge in [-0.05, 0) is 32.4 Å². The monoisotopic (exact) mass is 167 g/mol. The summed E-state index contributed by atoms with van der Waals surface area (Å²) in [6.45, 7) is 4.95. The highest BCUT2D eigenvalue weighted by molar-refractivity contribution is 5.51. The third kappa shape index (κ3) is 1.76. The Morgan fingerprint density at radius 1 is 1.33 bits per heavy atom. The summed E-state index contributed by atoms with van der Waals surface area (Å²) in [6.07, 6.45) is 0. The first-order chi connectivity index (χ1) is 5.41. The quantitative estimate of drug-likeness (QED) is 0.639. The van der Waals surface area contributed by atoms with Gasteiger partial charge in [-0.15, -0.1) is 0 Å². The Hall–Kier alpha value is -1.05. The molecule has 12 heavy (non-hydrogen) atoms. The average Bonchev–Trinajstić information content (AvgIpc) is 1.83. The topological polar surface area (TPSA) is 26.0 Å². The number of halogens is 1. The predicted octanol–water partition coefficient (Wildman–Crippen LogP) is 2.78. The van der Waals surface area contributed by atoms with Gasteiger partial charge in [0.1, 0.15) is 5.67 Å². The summed E-state index contributed by atoms with van der Waals surface area (Å²) >= 11 is 0. The smallest absolute Gasteiger partial charge is 0.132 e. The lowest BCUT2D eigenvalue weighted by atomic mass is 9.97. The maximum Gasteiger partial charge on any atom is 0.132 e. The Kier molecular flexibility index (Phi) is 2.09. The van der Waals surface area contributed by atoms with Crippen molar-refractivity contribution < 1.29 is 4.39 Å². The molecule has 0 saturated carbocycles. The minimum Gasteiger partial charge on any atom is -0.398 e. The Bertz CT molecular complexity index is 286. The number of nitrogens with two attached hydrogens (primary N) is 1. The van der Waals surface area contributed by atoms with Crippen molar-refractivity contribution in [2.24, 2.45) is 0 Å². The highest BCUT2D eigenvalue weighted by Gasteiger charge is 2.20. The Balaban J connectivity index is 3.19. The number of nitrogen functional groups attached to an aromatic ring is 1. The first-order valence-corrected chi connectivity index (χ1v) is 3.97. The van der Waals surface area contributed by atoms with E-state index in [0.717, 1.165) is 5.56 Å². The van der Waals surface area contributed by atoms with Gasteiger partial charge in [-0.3, -0.25) is 0 Å². The fourth-order valence-corrected chi connectivity index (χ4v) is 1.22. The van der Waals surface area contributed by atoms with Crippen LogP contribution in [0.4, 0.5) is 10.1 Å². The number of anilines is 1. The van der Waals surface area contributed by atoms with Crippen LogP contribution in [0.15, 0.2) is 18.2 Å². The molecule has 0 aromatic heterocycles. The molecule has 1 rings (SSSR count). The van der Waals surface area contributed by atoms with Crippen LogP contribution in [0.5, 0.6) is 0 Å². The molecule has 1 aromatic carbocycles. The fraction of sp³-hybridized carbons (Fsp3) is 0.400.